The minimum atomic E-state index is -0.332. The van der Waals surface area contributed by atoms with Crippen LogP contribution in [-0.4, -0.2) is 17.7 Å². The van der Waals surface area contributed by atoms with Gasteiger partial charge in [-0.2, -0.15) is 0 Å². The third kappa shape index (κ3) is 3.03. The molecule has 0 unspecified atom stereocenters. The lowest BCUT2D eigenvalue weighted by atomic mass is 9.91. The van der Waals surface area contributed by atoms with Gasteiger partial charge >= 0.3 is 5.97 Å². The first-order chi connectivity index (χ1) is 8.38. The first kappa shape index (κ1) is 14.6. The number of hydrogen-bond donors (Lipinski definition) is 1. The third-order valence-electron chi connectivity index (χ3n) is 2.92. The summed E-state index contributed by atoms with van der Waals surface area (Å²) in [6.07, 6.45) is 0. The van der Waals surface area contributed by atoms with Crippen LogP contribution in [0.2, 0.25) is 0 Å². The van der Waals surface area contributed by atoms with E-state index < -0.39 is 0 Å². The molecule has 0 radical (unpaired) electrons. The van der Waals surface area contributed by atoms with E-state index in [0.29, 0.717) is 17.9 Å². The molecule has 0 bridgehead atoms. The van der Waals surface area contributed by atoms with Crippen LogP contribution in [0.3, 0.4) is 0 Å². The van der Waals surface area contributed by atoms with Gasteiger partial charge in [0.15, 0.2) is 0 Å². The zero-order valence-corrected chi connectivity index (χ0v) is 11.8. The van der Waals surface area contributed by atoms with Gasteiger partial charge in [0.1, 0.15) is 5.75 Å². The van der Waals surface area contributed by atoms with Crippen LogP contribution in [0.5, 0.6) is 5.75 Å². The monoisotopic (exact) mass is 250 g/mol. The van der Waals surface area contributed by atoms with E-state index in [2.05, 4.69) is 0 Å². The van der Waals surface area contributed by atoms with Gasteiger partial charge in [0, 0.05) is 0 Å². The van der Waals surface area contributed by atoms with Crippen molar-refractivity contribution in [2.24, 2.45) is 0 Å². The van der Waals surface area contributed by atoms with Gasteiger partial charge in [0.05, 0.1) is 12.2 Å². The molecule has 0 aromatic heterocycles. The average molecular weight is 250 g/mol. The normalized spacial score (nSPS) is 11.1. The maximum absolute atomic E-state index is 11.8. The van der Waals surface area contributed by atoms with Crippen molar-refractivity contribution in [3.63, 3.8) is 0 Å². The van der Waals surface area contributed by atoms with Crippen molar-refractivity contribution in [1.82, 2.24) is 0 Å². The maximum Gasteiger partial charge on any atom is 0.338 e. The molecule has 0 saturated heterocycles. The summed E-state index contributed by atoms with van der Waals surface area (Å²) < 4.78 is 5.02. The Bertz CT molecular complexity index is 404. The molecule has 0 heterocycles. The standard InChI is InChI=1S/C15H22O3/c1-6-18-15(17)11-7-12(9(2)3)14(16)13(8-11)10(4)5/h7-10,16H,6H2,1-5H3. The van der Waals surface area contributed by atoms with Crippen LogP contribution in [-0.2, 0) is 4.74 Å². The highest BCUT2D eigenvalue weighted by molar-refractivity contribution is 5.90. The van der Waals surface area contributed by atoms with Crippen molar-refractivity contribution >= 4 is 5.97 Å². The van der Waals surface area contributed by atoms with E-state index >= 15 is 0 Å². The number of benzene rings is 1. The molecule has 18 heavy (non-hydrogen) atoms. The largest absolute Gasteiger partial charge is 0.507 e. The summed E-state index contributed by atoms with van der Waals surface area (Å²) in [6.45, 7) is 10.1. The predicted molar refractivity (Wildman–Crippen MR) is 72.2 cm³/mol. The first-order valence-corrected chi connectivity index (χ1v) is 6.42. The summed E-state index contributed by atoms with van der Waals surface area (Å²) in [6, 6.07) is 3.45. The summed E-state index contributed by atoms with van der Waals surface area (Å²) in [7, 11) is 0. The number of hydrogen-bond acceptors (Lipinski definition) is 3. The smallest absolute Gasteiger partial charge is 0.338 e. The summed E-state index contributed by atoms with van der Waals surface area (Å²) in [5.41, 5.74) is 2.11. The van der Waals surface area contributed by atoms with Crippen LogP contribution >= 0.6 is 0 Å². The molecule has 0 fully saturated rings. The van der Waals surface area contributed by atoms with Gasteiger partial charge < -0.3 is 9.84 Å². The number of phenols is 1. The fourth-order valence-electron chi connectivity index (χ4n) is 1.89. The summed E-state index contributed by atoms with van der Waals surface area (Å²) in [4.78, 5) is 11.8. The van der Waals surface area contributed by atoms with Crippen molar-refractivity contribution in [3.05, 3.63) is 28.8 Å². The third-order valence-corrected chi connectivity index (χ3v) is 2.92. The Morgan fingerprint density at radius 2 is 1.61 bits per heavy atom. The van der Waals surface area contributed by atoms with Gasteiger partial charge in [-0.15, -0.1) is 0 Å². The van der Waals surface area contributed by atoms with E-state index in [4.69, 9.17) is 4.74 Å². The van der Waals surface area contributed by atoms with E-state index in [9.17, 15) is 9.90 Å². The summed E-state index contributed by atoms with van der Waals surface area (Å²) >= 11 is 0. The molecule has 1 N–H and O–H groups in total. The van der Waals surface area contributed by atoms with Crippen molar-refractivity contribution in [1.29, 1.82) is 0 Å². The average Bonchev–Trinajstić information content (AvgIpc) is 2.28. The molecular weight excluding hydrogens is 228 g/mol. The minimum absolute atomic E-state index is 0.164. The van der Waals surface area contributed by atoms with Crippen LogP contribution in [0.4, 0.5) is 0 Å². The number of carbonyl (C=O) groups is 1. The summed E-state index contributed by atoms with van der Waals surface area (Å²) in [5.74, 6) is 0.295. The number of esters is 1. The van der Waals surface area contributed by atoms with E-state index in [1.807, 2.05) is 27.7 Å². The van der Waals surface area contributed by atoms with Crippen LogP contribution in [0.25, 0.3) is 0 Å². The molecule has 0 amide bonds. The molecule has 3 heteroatoms. The van der Waals surface area contributed by atoms with Gasteiger partial charge in [0.25, 0.3) is 0 Å². The molecule has 1 aromatic rings. The molecule has 3 nitrogen and oxygen atoms in total. The lowest BCUT2D eigenvalue weighted by molar-refractivity contribution is 0.0526. The van der Waals surface area contributed by atoms with Crippen LogP contribution in [0.15, 0.2) is 12.1 Å². The van der Waals surface area contributed by atoms with E-state index in [-0.39, 0.29) is 17.8 Å². The lowest BCUT2D eigenvalue weighted by Crippen LogP contribution is -2.07. The second-order valence-corrected chi connectivity index (χ2v) is 5.03. The molecular formula is C15H22O3. The molecule has 0 aliphatic rings. The molecule has 1 aromatic carbocycles. The van der Waals surface area contributed by atoms with Gasteiger partial charge in [0.2, 0.25) is 0 Å². The molecule has 100 valence electrons. The Kier molecular flexibility index (Phi) is 4.76. The summed E-state index contributed by atoms with van der Waals surface area (Å²) in [5, 5.41) is 10.2. The quantitative estimate of drug-likeness (QED) is 0.826. The van der Waals surface area contributed by atoms with Crippen molar-refractivity contribution in [3.8, 4) is 5.75 Å². The highest BCUT2D eigenvalue weighted by Gasteiger charge is 2.18. The lowest BCUT2D eigenvalue weighted by Gasteiger charge is -2.17. The van der Waals surface area contributed by atoms with E-state index in [1.54, 1.807) is 19.1 Å². The van der Waals surface area contributed by atoms with Gasteiger partial charge in [-0.05, 0) is 42.0 Å². The van der Waals surface area contributed by atoms with Crippen molar-refractivity contribution < 1.29 is 14.6 Å². The van der Waals surface area contributed by atoms with Crippen molar-refractivity contribution in [2.45, 2.75) is 46.5 Å². The molecule has 0 aliphatic carbocycles. The maximum atomic E-state index is 11.8. The van der Waals surface area contributed by atoms with Gasteiger partial charge in [-0.1, -0.05) is 27.7 Å². The molecule has 0 aliphatic heterocycles. The number of aromatic hydroxyl groups is 1. The van der Waals surface area contributed by atoms with Gasteiger partial charge in [-0.3, -0.25) is 0 Å². The predicted octanol–water partition coefficient (Wildman–Crippen LogP) is 3.82. The Balaban J connectivity index is 3.33. The molecule has 1 rings (SSSR count). The van der Waals surface area contributed by atoms with E-state index in [1.165, 1.54) is 0 Å². The zero-order chi connectivity index (χ0) is 13.9. The van der Waals surface area contributed by atoms with Crippen LogP contribution < -0.4 is 0 Å². The highest BCUT2D eigenvalue weighted by atomic mass is 16.5. The first-order valence-electron chi connectivity index (χ1n) is 6.42. The second kappa shape index (κ2) is 5.89. The Hall–Kier alpha value is -1.51. The van der Waals surface area contributed by atoms with Crippen LogP contribution in [0, 0.1) is 0 Å². The SMILES string of the molecule is CCOC(=O)c1cc(C(C)C)c(O)c(C(C)C)c1. The molecule has 0 atom stereocenters. The highest BCUT2D eigenvalue weighted by Crippen LogP contribution is 2.34. The number of ether oxygens (including phenoxy) is 1. The number of rotatable bonds is 4. The Labute approximate surface area is 109 Å². The van der Waals surface area contributed by atoms with Gasteiger partial charge in [-0.25, -0.2) is 4.79 Å². The topological polar surface area (TPSA) is 46.5 Å². The fourth-order valence-corrected chi connectivity index (χ4v) is 1.89. The Morgan fingerprint density at radius 1 is 1.17 bits per heavy atom. The molecule has 0 saturated carbocycles. The fraction of sp³-hybridized carbons (Fsp3) is 0.533. The molecule has 0 spiro atoms. The number of phenolic OH excluding ortho intramolecular Hbond substituents is 1. The number of carbonyl (C=O) groups excluding carboxylic acids is 1. The van der Waals surface area contributed by atoms with E-state index in [0.717, 1.165) is 11.1 Å². The zero-order valence-electron chi connectivity index (χ0n) is 11.8. The second-order valence-electron chi connectivity index (χ2n) is 5.03. The minimum Gasteiger partial charge on any atom is -0.507 e. The Morgan fingerprint density at radius 3 is 1.94 bits per heavy atom. The van der Waals surface area contributed by atoms with Crippen LogP contribution in [0.1, 0.15) is 67.9 Å². The van der Waals surface area contributed by atoms with Crippen molar-refractivity contribution in [2.75, 3.05) is 6.61 Å².